The van der Waals surface area contributed by atoms with Gasteiger partial charge in [-0.25, -0.2) is 4.98 Å². The largest absolute Gasteiger partial charge is 0.357 e. The van der Waals surface area contributed by atoms with Gasteiger partial charge in [-0.15, -0.1) is 0 Å². The van der Waals surface area contributed by atoms with Gasteiger partial charge in [0, 0.05) is 28.6 Å². The van der Waals surface area contributed by atoms with Crippen molar-refractivity contribution >= 4 is 55.8 Å². The molecule has 3 aromatic rings. The molecule has 0 saturated heterocycles. The molecular formula is C21H21BrClN3O. The number of pyridine rings is 1. The molecule has 0 fully saturated rings. The van der Waals surface area contributed by atoms with E-state index in [1.54, 1.807) is 18.2 Å². The minimum atomic E-state index is -0.244. The molecule has 6 heteroatoms. The van der Waals surface area contributed by atoms with Gasteiger partial charge >= 0.3 is 0 Å². The lowest BCUT2D eigenvalue weighted by Gasteiger charge is -2.21. The summed E-state index contributed by atoms with van der Waals surface area (Å²) in [4.78, 5) is 19.6. The standard InChI is InChI=1S/C21H21BrClN3O/c1-4-26(5-2)20-10-13(3)16-12-15(7-9-19(16)25-20)24-21(27)17-11-14(22)6-8-18(17)23/h6-12H,4-5H2,1-3H3,(H,24,27). The van der Waals surface area contributed by atoms with Crippen LogP contribution in [0.15, 0.2) is 46.9 Å². The van der Waals surface area contributed by atoms with Gasteiger partial charge < -0.3 is 10.2 Å². The summed E-state index contributed by atoms with van der Waals surface area (Å²) in [5, 5.41) is 4.36. The lowest BCUT2D eigenvalue weighted by molar-refractivity contribution is 0.102. The molecule has 0 atom stereocenters. The van der Waals surface area contributed by atoms with Crippen LogP contribution in [-0.4, -0.2) is 24.0 Å². The van der Waals surface area contributed by atoms with Gasteiger partial charge in [0.05, 0.1) is 16.1 Å². The van der Waals surface area contributed by atoms with Crippen LogP contribution < -0.4 is 10.2 Å². The Kier molecular flexibility index (Phi) is 6.02. The molecule has 0 radical (unpaired) electrons. The highest BCUT2D eigenvalue weighted by atomic mass is 79.9. The van der Waals surface area contributed by atoms with Gasteiger partial charge in [0.2, 0.25) is 0 Å². The maximum Gasteiger partial charge on any atom is 0.257 e. The van der Waals surface area contributed by atoms with Crippen molar-refractivity contribution in [3.05, 3.63) is 63.1 Å². The maximum absolute atomic E-state index is 12.6. The zero-order chi connectivity index (χ0) is 19.6. The van der Waals surface area contributed by atoms with Crippen molar-refractivity contribution in [2.45, 2.75) is 20.8 Å². The lowest BCUT2D eigenvalue weighted by atomic mass is 10.1. The van der Waals surface area contributed by atoms with Crippen LogP contribution >= 0.6 is 27.5 Å². The van der Waals surface area contributed by atoms with E-state index in [9.17, 15) is 4.79 Å². The van der Waals surface area contributed by atoms with E-state index in [2.05, 4.69) is 53.0 Å². The zero-order valence-corrected chi connectivity index (χ0v) is 17.9. The van der Waals surface area contributed by atoms with E-state index in [1.807, 2.05) is 18.2 Å². The van der Waals surface area contributed by atoms with Crippen LogP contribution in [0.1, 0.15) is 29.8 Å². The summed E-state index contributed by atoms with van der Waals surface area (Å²) in [6.45, 7) is 8.13. The quantitative estimate of drug-likeness (QED) is 0.518. The molecule has 0 unspecified atom stereocenters. The second-order valence-corrected chi connectivity index (χ2v) is 7.60. The number of nitrogens with zero attached hydrogens (tertiary/aromatic N) is 2. The van der Waals surface area contributed by atoms with Gasteiger partial charge in [-0.3, -0.25) is 4.79 Å². The Balaban J connectivity index is 1.92. The first-order chi connectivity index (χ1) is 12.9. The summed E-state index contributed by atoms with van der Waals surface area (Å²) in [5.74, 6) is 0.730. The highest BCUT2D eigenvalue weighted by molar-refractivity contribution is 9.10. The molecule has 140 valence electrons. The van der Waals surface area contributed by atoms with E-state index in [-0.39, 0.29) is 5.91 Å². The number of hydrogen-bond donors (Lipinski definition) is 1. The number of amides is 1. The molecule has 0 saturated carbocycles. The summed E-state index contributed by atoms with van der Waals surface area (Å²) in [5.41, 5.74) is 3.18. The van der Waals surface area contributed by atoms with Crippen molar-refractivity contribution in [1.82, 2.24) is 4.98 Å². The molecule has 4 nitrogen and oxygen atoms in total. The number of hydrogen-bond acceptors (Lipinski definition) is 3. The van der Waals surface area contributed by atoms with Gasteiger partial charge in [-0.05, 0) is 68.8 Å². The van der Waals surface area contributed by atoms with Crippen molar-refractivity contribution < 1.29 is 4.79 Å². The number of nitrogens with one attached hydrogen (secondary N) is 1. The number of benzene rings is 2. The third kappa shape index (κ3) is 4.25. The Morgan fingerprint density at radius 3 is 2.59 bits per heavy atom. The first-order valence-corrected chi connectivity index (χ1v) is 10.0. The third-order valence-electron chi connectivity index (χ3n) is 4.52. The number of carbonyl (C=O) groups is 1. The number of aryl methyl sites for hydroxylation is 1. The van der Waals surface area contributed by atoms with Crippen LogP contribution in [0.25, 0.3) is 10.9 Å². The van der Waals surface area contributed by atoms with Crippen molar-refractivity contribution in [2.24, 2.45) is 0 Å². The minimum Gasteiger partial charge on any atom is -0.357 e. The van der Waals surface area contributed by atoms with Gasteiger partial charge in [-0.2, -0.15) is 0 Å². The van der Waals surface area contributed by atoms with Crippen molar-refractivity contribution in [2.75, 3.05) is 23.3 Å². The first-order valence-electron chi connectivity index (χ1n) is 8.85. The molecule has 3 rings (SSSR count). The van der Waals surface area contributed by atoms with Crippen molar-refractivity contribution in [1.29, 1.82) is 0 Å². The lowest BCUT2D eigenvalue weighted by Crippen LogP contribution is -2.23. The molecule has 0 aliphatic rings. The SMILES string of the molecule is CCN(CC)c1cc(C)c2cc(NC(=O)c3cc(Br)ccc3Cl)ccc2n1. The monoisotopic (exact) mass is 445 g/mol. The number of rotatable bonds is 5. The summed E-state index contributed by atoms with van der Waals surface area (Å²) in [6, 6.07) is 13.1. The van der Waals surface area contributed by atoms with Crippen molar-refractivity contribution in [3.63, 3.8) is 0 Å². The van der Waals surface area contributed by atoms with E-state index in [0.29, 0.717) is 16.3 Å². The zero-order valence-electron chi connectivity index (χ0n) is 15.5. The van der Waals surface area contributed by atoms with E-state index in [4.69, 9.17) is 16.6 Å². The summed E-state index contributed by atoms with van der Waals surface area (Å²) in [6.07, 6.45) is 0. The van der Waals surface area contributed by atoms with Crippen LogP contribution in [0.2, 0.25) is 5.02 Å². The predicted molar refractivity (Wildman–Crippen MR) is 117 cm³/mol. The number of carbonyl (C=O) groups excluding carboxylic acids is 1. The Bertz CT molecular complexity index is 1000. The topological polar surface area (TPSA) is 45.2 Å². The van der Waals surface area contributed by atoms with Crippen LogP contribution in [0.3, 0.4) is 0 Å². The molecule has 0 aliphatic carbocycles. The maximum atomic E-state index is 12.6. The van der Waals surface area contributed by atoms with Crippen LogP contribution in [0, 0.1) is 6.92 Å². The number of fused-ring (bicyclic) bond motifs is 1. The van der Waals surface area contributed by atoms with Gasteiger partial charge in [0.15, 0.2) is 0 Å². The molecule has 0 bridgehead atoms. The van der Waals surface area contributed by atoms with Crippen LogP contribution in [0.5, 0.6) is 0 Å². The van der Waals surface area contributed by atoms with E-state index < -0.39 is 0 Å². The number of anilines is 2. The highest BCUT2D eigenvalue weighted by Gasteiger charge is 2.13. The Hall–Kier alpha value is -2.11. The summed E-state index contributed by atoms with van der Waals surface area (Å²) >= 11 is 9.53. The van der Waals surface area contributed by atoms with Crippen LogP contribution in [0.4, 0.5) is 11.5 Å². The molecule has 2 aromatic carbocycles. The fourth-order valence-electron chi connectivity index (χ4n) is 3.03. The van der Waals surface area contributed by atoms with E-state index in [0.717, 1.165) is 39.8 Å². The summed E-state index contributed by atoms with van der Waals surface area (Å²) < 4.78 is 0.805. The molecule has 27 heavy (non-hydrogen) atoms. The number of halogens is 2. The summed E-state index contributed by atoms with van der Waals surface area (Å²) in [7, 11) is 0. The van der Waals surface area contributed by atoms with E-state index >= 15 is 0 Å². The molecule has 1 amide bonds. The Labute approximate surface area is 172 Å². The predicted octanol–water partition coefficient (Wildman–Crippen LogP) is 6.06. The third-order valence-corrected chi connectivity index (χ3v) is 5.34. The average molecular weight is 447 g/mol. The Morgan fingerprint density at radius 1 is 1.15 bits per heavy atom. The second kappa shape index (κ2) is 8.28. The molecular weight excluding hydrogens is 426 g/mol. The molecule has 0 aliphatic heterocycles. The fourth-order valence-corrected chi connectivity index (χ4v) is 3.60. The molecule has 1 heterocycles. The van der Waals surface area contributed by atoms with Crippen LogP contribution in [-0.2, 0) is 0 Å². The minimum absolute atomic E-state index is 0.244. The smallest absolute Gasteiger partial charge is 0.257 e. The van der Waals surface area contributed by atoms with E-state index in [1.165, 1.54) is 0 Å². The molecule has 1 N–H and O–H groups in total. The molecule has 0 spiro atoms. The normalized spacial score (nSPS) is 10.9. The first kappa shape index (κ1) is 19.6. The van der Waals surface area contributed by atoms with Gasteiger partial charge in [0.25, 0.3) is 5.91 Å². The fraction of sp³-hybridized carbons (Fsp3) is 0.238. The molecule has 1 aromatic heterocycles. The Morgan fingerprint density at radius 2 is 1.89 bits per heavy atom. The highest BCUT2D eigenvalue weighted by Crippen LogP contribution is 2.27. The second-order valence-electron chi connectivity index (χ2n) is 6.28. The van der Waals surface area contributed by atoms with Gasteiger partial charge in [0.1, 0.15) is 5.82 Å². The number of aromatic nitrogens is 1. The van der Waals surface area contributed by atoms with Crippen molar-refractivity contribution in [3.8, 4) is 0 Å². The van der Waals surface area contributed by atoms with Gasteiger partial charge in [-0.1, -0.05) is 27.5 Å². The average Bonchev–Trinajstić information content (AvgIpc) is 2.65.